The van der Waals surface area contributed by atoms with Crippen LogP contribution in [0.15, 0.2) is 297 Å². The lowest BCUT2D eigenvalue weighted by Crippen LogP contribution is -2.29. The Kier molecular flexibility index (Phi) is 18.7. The van der Waals surface area contributed by atoms with Gasteiger partial charge in [0.2, 0.25) is 0 Å². The lowest BCUT2D eigenvalue weighted by molar-refractivity contribution is 0.126. The van der Waals surface area contributed by atoms with E-state index < -0.39 is 22.0 Å². The first-order valence-corrected chi connectivity index (χ1v) is 45.4. The standard InChI is InChI=1S/C50H38Br2O2S3.C50H34Br2S3/c1-29-5-13-33(14-6-29)49(53,34-15-7-30(2)8-16-34)41-25-37(51)21-23-39(41)43-27-45-47(56-43)48-46(55-45)28-44(57-48)40-24-22-38(52)26-42(40)50(54,35-17-9-31(3)10-18-35)36-19-11-32(4)12-20-36;1-27-5-13-31(14-6-27)49(32-15-7-28(2)8-16-32)39-25-35(51)21-23-37(39)43-41(49)45-47(53-43)48-46(55-45)42-44(54-48)38-24-22-36(52)26-40(38)50(42,33-17-9-29(3)10-18-33)34-19-11-30(4)12-20-34/h5-28,53-54H,1-4H3;5-26H,1-4H3. The van der Waals surface area contributed by atoms with Crippen LogP contribution in [0.1, 0.15) is 122 Å². The molecule has 0 saturated heterocycles. The molecule has 0 aliphatic heterocycles. The smallest absolute Gasteiger partial charge is 0.141 e. The molecule has 0 atom stereocenters. The van der Waals surface area contributed by atoms with E-state index in [1.54, 1.807) is 34.0 Å². The number of thiophene rings is 6. The second kappa shape index (κ2) is 28.3. The molecule has 0 bridgehead atoms. The molecule has 6 aromatic heterocycles. The molecule has 2 nitrogen and oxygen atoms in total. The Morgan fingerprint density at radius 3 is 0.795 bits per heavy atom. The minimum absolute atomic E-state index is 0.469. The monoisotopic (exact) mass is 1810 g/mol. The van der Waals surface area contributed by atoms with Crippen LogP contribution in [-0.4, -0.2) is 10.2 Å². The average Bonchev–Trinajstić information content (AvgIpc) is 1.49. The molecule has 0 spiro atoms. The fourth-order valence-electron chi connectivity index (χ4n) is 17.4. The van der Waals surface area contributed by atoms with Gasteiger partial charge in [0.05, 0.1) is 39.0 Å². The van der Waals surface area contributed by atoms with Crippen molar-refractivity contribution < 1.29 is 10.2 Å². The van der Waals surface area contributed by atoms with Gasteiger partial charge in [-0.1, -0.05) is 327 Å². The van der Waals surface area contributed by atoms with E-state index >= 15 is 0 Å². The molecule has 0 fully saturated rings. The minimum atomic E-state index is -1.40. The Morgan fingerprint density at radius 1 is 0.250 bits per heavy atom. The summed E-state index contributed by atoms with van der Waals surface area (Å²) in [5.41, 5.74) is 26.4. The summed E-state index contributed by atoms with van der Waals surface area (Å²) in [7, 11) is 0. The molecule has 0 radical (unpaired) electrons. The molecule has 12 aromatic carbocycles. The van der Waals surface area contributed by atoms with E-state index in [1.165, 1.54) is 125 Å². The summed E-state index contributed by atoms with van der Waals surface area (Å²) in [4.78, 5) is 5.00. The molecular formula is C100H72Br4O2S6. The molecule has 0 unspecified atom stereocenters. The van der Waals surface area contributed by atoms with Crippen LogP contribution in [0, 0.1) is 55.4 Å². The van der Waals surface area contributed by atoms with Gasteiger partial charge in [-0.05, 0) is 194 Å². The van der Waals surface area contributed by atoms with E-state index in [2.05, 4.69) is 350 Å². The number of hydrogen-bond donors (Lipinski definition) is 2. The largest absolute Gasteiger partial charge is 0.376 e. The normalized spacial score (nSPS) is 13.4. The molecule has 6 heterocycles. The van der Waals surface area contributed by atoms with Crippen molar-refractivity contribution in [1.82, 2.24) is 0 Å². The van der Waals surface area contributed by atoms with Crippen molar-refractivity contribution in [3.63, 3.8) is 0 Å². The first-order valence-electron chi connectivity index (χ1n) is 37.3. The number of aryl methyl sites for hydroxylation is 8. The van der Waals surface area contributed by atoms with Gasteiger partial charge >= 0.3 is 0 Å². The number of halogens is 4. The van der Waals surface area contributed by atoms with Gasteiger partial charge in [0, 0.05) is 69.1 Å². The number of rotatable bonds is 12. The Hall–Kier alpha value is -8.28. The van der Waals surface area contributed by atoms with Gasteiger partial charge in [0.15, 0.2) is 0 Å². The third-order valence-corrected chi connectivity index (χ3v) is 33.0. The molecule has 112 heavy (non-hydrogen) atoms. The highest BCUT2D eigenvalue weighted by molar-refractivity contribution is 9.11. The van der Waals surface area contributed by atoms with Gasteiger partial charge in [0.25, 0.3) is 0 Å². The molecule has 0 amide bonds. The summed E-state index contributed by atoms with van der Waals surface area (Å²) in [6.07, 6.45) is 0. The zero-order valence-corrected chi connectivity index (χ0v) is 73.7. The molecule has 12 heteroatoms. The highest BCUT2D eigenvalue weighted by Gasteiger charge is 2.53. The van der Waals surface area contributed by atoms with E-state index in [1.807, 2.05) is 82.5 Å². The zero-order chi connectivity index (χ0) is 77.0. The van der Waals surface area contributed by atoms with Gasteiger partial charge in [-0.25, -0.2) is 0 Å². The van der Waals surface area contributed by atoms with Crippen LogP contribution in [0.25, 0.3) is 79.4 Å². The van der Waals surface area contributed by atoms with E-state index in [4.69, 9.17) is 0 Å². The highest BCUT2D eigenvalue weighted by atomic mass is 79.9. The van der Waals surface area contributed by atoms with Crippen LogP contribution < -0.4 is 0 Å². The number of benzene rings is 12. The van der Waals surface area contributed by atoms with Crippen molar-refractivity contribution in [2.75, 3.05) is 0 Å². The number of hydrogen-bond acceptors (Lipinski definition) is 8. The van der Waals surface area contributed by atoms with Crippen molar-refractivity contribution in [3.8, 4) is 41.8 Å². The minimum Gasteiger partial charge on any atom is -0.376 e. The maximum Gasteiger partial charge on any atom is 0.141 e. The summed E-state index contributed by atoms with van der Waals surface area (Å²) in [5, 5.41) is 26.1. The summed E-state index contributed by atoms with van der Waals surface area (Å²) in [6, 6.07) is 101. The van der Waals surface area contributed by atoms with Gasteiger partial charge in [0.1, 0.15) is 11.2 Å². The van der Waals surface area contributed by atoms with Gasteiger partial charge in [-0.15, -0.1) is 68.0 Å². The van der Waals surface area contributed by atoms with Crippen molar-refractivity contribution in [2.24, 2.45) is 0 Å². The van der Waals surface area contributed by atoms with Crippen molar-refractivity contribution in [1.29, 1.82) is 0 Å². The first kappa shape index (κ1) is 73.9. The predicted molar refractivity (Wildman–Crippen MR) is 494 cm³/mol. The van der Waals surface area contributed by atoms with Crippen LogP contribution >= 0.6 is 132 Å². The van der Waals surface area contributed by atoms with Crippen molar-refractivity contribution >= 4 is 169 Å². The quantitative estimate of drug-likeness (QED) is 0.120. The molecule has 2 aliphatic rings. The lowest BCUT2D eigenvalue weighted by atomic mass is 9.67. The van der Waals surface area contributed by atoms with Gasteiger partial charge < -0.3 is 10.2 Å². The summed E-state index contributed by atoms with van der Waals surface area (Å²) in [5.74, 6) is 0. The maximum absolute atomic E-state index is 13.1. The fraction of sp³-hybridized carbons (Fsp3) is 0.120. The van der Waals surface area contributed by atoms with E-state index in [0.29, 0.717) is 0 Å². The molecular weight excluding hydrogens is 1750 g/mol. The summed E-state index contributed by atoms with van der Waals surface area (Å²) < 4.78 is 14.6. The second-order valence-corrected chi connectivity index (χ2v) is 40.3. The lowest BCUT2D eigenvalue weighted by Gasteiger charge is -2.34. The van der Waals surface area contributed by atoms with Gasteiger partial charge in [-0.2, -0.15) is 0 Å². The Labute approximate surface area is 710 Å². The van der Waals surface area contributed by atoms with Crippen molar-refractivity contribution in [2.45, 2.75) is 77.4 Å². The maximum atomic E-state index is 13.1. The van der Waals surface area contributed by atoms with E-state index in [-0.39, 0.29) is 0 Å². The third kappa shape index (κ3) is 11.8. The van der Waals surface area contributed by atoms with Crippen LogP contribution in [0.3, 0.4) is 0 Å². The topological polar surface area (TPSA) is 40.5 Å². The zero-order valence-electron chi connectivity index (χ0n) is 62.4. The molecule has 18 aromatic rings. The van der Waals surface area contributed by atoms with Crippen molar-refractivity contribution in [3.05, 3.63) is 419 Å². The van der Waals surface area contributed by atoms with Crippen LogP contribution in [0.5, 0.6) is 0 Å². The molecule has 2 N–H and O–H groups in total. The SMILES string of the molecule is Cc1ccc(C(O)(c2ccc(C)cc2)c2cc(Br)ccc2-c2cc3sc4cc(-c5ccc(Br)cc5C(O)(c5ccc(C)cc5)c5ccc(C)cc5)sc4c3s2)cc1.Cc1ccc(C2(c3ccc(C)cc3)c3cc(Br)ccc3-c3sc4c(sc5c6c(sc54)-c4ccc(Br)cc4C6(c4ccc(C)cc4)c4ccc(C)cc4)c32)cc1. The van der Waals surface area contributed by atoms with Crippen LogP contribution in [0.4, 0.5) is 0 Å². The molecule has 548 valence electrons. The third-order valence-electron chi connectivity index (χ3n) is 23.1. The van der Waals surface area contributed by atoms with Crippen LogP contribution in [0.2, 0.25) is 0 Å². The molecule has 0 saturated carbocycles. The Bertz CT molecular complexity index is 6160. The fourth-order valence-corrected chi connectivity index (χ4v) is 27.7. The van der Waals surface area contributed by atoms with E-state index in [9.17, 15) is 10.2 Å². The van der Waals surface area contributed by atoms with Gasteiger partial charge in [-0.3, -0.25) is 0 Å². The summed E-state index contributed by atoms with van der Waals surface area (Å²) >= 11 is 26.7. The Balaban J connectivity index is 0.000000151. The highest BCUT2D eigenvalue weighted by Crippen LogP contribution is 2.68. The first-order chi connectivity index (χ1) is 54.1. The predicted octanol–water partition coefficient (Wildman–Crippen LogP) is 30.5. The number of aliphatic hydroxyl groups is 2. The molecule has 2 aliphatic carbocycles. The Morgan fingerprint density at radius 2 is 0.509 bits per heavy atom. The second-order valence-electron chi connectivity index (χ2n) is 30.3. The van der Waals surface area contributed by atoms with Crippen LogP contribution in [-0.2, 0) is 22.0 Å². The number of fused-ring (bicyclic) bond motifs is 14. The van der Waals surface area contributed by atoms with E-state index in [0.717, 1.165) is 94.4 Å². The summed E-state index contributed by atoms with van der Waals surface area (Å²) in [6.45, 7) is 17.0. The molecule has 20 rings (SSSR count). The average molecular weight is 1820 g/mol.